The molecule has 2 N–H and O–H groups in total. The van der Waals surface area contributed by atoms with E-state index in [0.717, 1.165) is 0 Å². The molecule has 0 fully saturated rings. The van der Waals surface area contributed by atoms with Crippen molar-refractivity contribution in [3.05, 3.63) is 36.4 Å². The summed E-state index contributed by atoms with van der Waals surface area (Å²) in [6.45, 7) is 0. The van der Waals surface area contributed by atoms with E-state index in [0.29, 0.717) is 11.6 Å². The van der Waals surface area contributed by atoms with Crippen LogP contribution in [0.2, 0.25) is 0 Å². The van der Waals surface area contributed by atoms with Gasteiger partial charge in [0.25, 0.3) is 5.91 Å². The summed E-state index contributed by atoms with van der Waals surface area (Å²) in [5.74, 6) is -0.868. The number of aromatic nitrogens is 3. The summed E-state index contributed by atoms with van der Waals surface area (Å²) in [5, 5.41) is 8.93. The Morgan fingerprint density at radius 2 is 2.35 bits per heavy atom. The Morgan fingerprint density at radius 1 is 1.50 bits per heavy atom. The first kappa shape index (κ1) is 12.3. The molecule has 0 saturated heterocycles. The third-order valence-electron chi connectivity index (χ3n) is 2.89. The van der Waals surface area contributed by atoms with Crippen LogP contribution in [0.1, 0.15) is 12.5 Å². The number of anilines is 2. The Morgan fingerprint density at radius 3 is 3.15 bits per heavy atom. The lowest BCUT2D eigenvalue weighted by Gasteiger charge is -2.09. The summed E-state index contributed by atoms with van der Waals surface area (Å²) in [4.78, 5) is 27.4. The molecule has 20 heavy (non-hydrogen) atoms. The summed E-state index contributed by atoms with van der Waals surface area (Å²) < 4.78 is 14.4. The van der Waals surface area contributed by atoms with Crippen molar-refractivity contribution in [2.75, 3.05) is 10.6 Å². The van der Waals surface area contributed by atoms with Crippen molar-refractivity contribution >= 4 is 23.5 Å². The highest BCUT2D eigenvalue weighted by Gasteiger charge is 2.33. The van der Waals surface area contributed by atoms with Crippen LogP contribution in [0.25, 0.3) is 0 Å². The maximum atomic E-state index is 13.0. The number of hydrogen-bond acceptors (Lipinski definition) is 4. The number of benzene rings is 1. The number of rotatable bonds is 3. The van der Waals surface area contributed by atoms with E-state index in [2.05, 4.69) is 20.7 Å². The van der Waals surface area contributed by atoms with Gasteiger partial charge in [0.15, 0.2) is 0 Å². The Labute approximate surface area is 112 Å². The standard InChI is InChI=1S/C12H10FN5O2/c13-7-2-1-3-8(4-7)16-10(19)5-9-11(20)17-12-14-6-15-18(9)12/h1-4,6,9H,5H2,(H,16,19)(H,14,15,17,20)/t9-/m0/s1. The highest BCUT2D eigenvalue weighted by atomic mass is 19.1. The van der Waals surface area contributed by atoms with E-state index in [4.69, 9.17) is 0 Å². The van der Waals surface area contributed by atoms with E-state index >= 15 is 0 Å². The number of carbonyl (C=O) groups excluding carboxylic acids is 2. The van der Waals surface area contributed by atoms with Crippen molar-refractivity contribution in [2.45, 2.75) is 12.5 Å². The smallest absolute Gasteiger partial charge is 0.252 e. The summed E-state index contributed by atoms with van der Waals surface area (Å²) in [6.07, 6.45) is 1.20. The number of halogens is 1. The molecule has 0 radical (unpaired) electrons. The van der Waals surface area contributed by atoms with E-state index in [-0.39, 0.29) is 12.3 Å². The summed E-state index contributed by atoms with van der Waals surface area (Å²) in [5.41, 5.74) is 0.340. The number of fused-ring (bicyclic) bond motifs is 1. The van der Waals surface area contributed by atoms with Crippen molar-refractivity contribution < 1.29 is 14.0 Å². The van der Waals surface area contributed by atoms with Gasteiger partial charge < -0.3 is 5.32 Å². The molecule has 1 aliphatic heterocycles. The molecule has 8 heteroatoms. The van der Waals surface area contributed by atoms with Crippen LogP contribution >= 0.6 is 0 Å². The lowest BCUT2D eigenvalue weighted by molar-refractivity contribution is -0.123. The zero-order chi connectivity index (χ0) is 14.1. The largest absolute Gasteiger partial charge is 0.326 e. The fourth-order valence-electron chi connectivity index (χ4n) is 2.01. The molecule has 2 aromatic rings. The van der Waals surface area contributed by atoms with Crippen LogP contribution in [-0.4, -0.2) is 26.6 Å². The maximum absolute atomic E-state index is 13.0. The van der Waals surface area contributed by atoms with Crippen molar-refractivity contribution in [1.29, 1.82) is 0 Å². The summed E-state index contributed by atoms with van der Waals surface area (Å²) >= 11 is 0. The fourth-order valence-corrected chi connectivity index (χ4v) is 2.01. The molecule has 0 aliphatic carbocycles. The molecule has 0 spiro atoms. The molecule has 1 aromatic carbocycles. The zero-order valence-corrected chi connectivity index (χ0v) is 10.2. The first-order valence-electron chi connectivity index (χ1n) is 5.89. The van der Waals surface area contributed by atoms with Crippen LogP contribution < -0.4 is 10.6 Å². The van der Waals surface area contributed by atoms with Crippen LogP contribution in [0, 0.1) is 5.82 Å². The van der Waals surface area contributed by atoms with Gasteiger partial charge in [-0.15, -0.1) is 0 Å². The van der Waals surface area contributed by atoms with Crippen molar-refractivity contribution in [3.8, 4) is 0 Å². The molecule has 3 rings (SSSR count). The fraction of sp³-hybridized carbons (Fsp3) is 0.167. The Bertz CT molecular complexity index is 684. The highest BCUT2D eigenvalue weighted by molar-refractivity contribution is 6.00. The van der Waals surface area contributed by atoms with E-state index in [9.17, 15) is 14.0 Å². The molecular weight excluding hydrogens is 265 g/mol. The minimum Gasteiger partial charge on any atom is -0.326 e. The third kappa shape index (κ3) is 2.22. The van der Waals surface area contributed by atoms with Gasteiger partial charge in [0, 0.05) is 5.69 Å². The topological polar surface area (TPSA) is 88.9 Å². The molecule has 2 amide bonds. The predicted octanol–water partition coefficient (Wildman–Crippen LogP) is 0.939. The molecule has 1 aliphatic rings. The molecular formula is C12H10FN5O2. The van der Waals surface area contributed by atoms with Gasteiger partial charge >= 0.3 is 0 Å². The molecule has 0 unspecified atom stereocenters. The van der Waals surface area contributed by atoms with Crippen LogP contribution in [0.3, 0.4) is 0 Å². The number of nitrogens with zero attached hydrogens (tertiary/aromatic N) is 3. The first-order valence-corrected chi connectivity index (χ1v) is 5.89. The van der Waals surface area contributed by atoms with Gasteiger partial charge in [0.2, 0.25) is 11.9 Å². The molecule has 102 valence electrons. The predicted molar refractivity (Wildman–Crippen MR) is 67.3 cm³/mol. The minimum atomic E-state index is -0.735. The average Bonchev–Trinajstić information content (AvgIpc) is 2.93. The van der Waals surface area contributed by atoms with Gasteiger partial charge in [0.05, 0.1) is 6.42 Å². The monoisotopic (exact) mass is 275 g/mol. The van der Waals surface area contributed by atoms with E-state index < -0.39 is 17.8 Å². The SMILES string of the molecule is O=C(C[C@H]1C(=O)Nc2ncnn21)Nc1cccc(F)c1. The number of amides is 2. The second kappa shape index (κ2) is 4.72. The Hall–Kier alpha value is -2.77. The average molecular weight is 275 g/mol. The summed E-state index contributed by atoms with van der Waals surface area (Å²) in [6, 6.07) is 4.80. The van der Waals surface area contributed by atoms with Crippen LogP contribution in [0.4, 0.5) is 16.0 Å². The molecule has 1 atom stereocenters. The third-order valence-corrected chi connectivity index (χ3v) is 2.89. The van der Waals surface area contributed by atoms with Gasteiger partial charge in [-0.1, -0.05) is 6.07 Å². The molecule has 0 bridgehead atoms. The normalized spacial score (nSPS) is 16.6. The number of hydrogen-bond donors (Lipinski definition) is 2. The lowest BCUT2D eigenvalue weighted by atomic mass is 10.2. The highest BCUT2D eigenvalue weighted by Crippen LogP contribution is 2.24. The Kier molecular flexibility index (Phi) is 2.90. The number of nitrogens with one attached hydrogen (secondary N) is 2. The molecule has 1 aromatic heterocycles. The summed E-state index contributed by atoms with van der Waals surface area (Å²) in [7, 11) is 0. The Balaban J connectivity index is 1.69. The van der Waals surface area contributed by atoms with Crippen LogP contribution in [-0.2, 0) is 9.59 Å². The van der Waals surface area contributed by atoms with Gasteiger partial charge in [-0.3, -0.25) is 14.9 Å². The van der Waals surface area contributed by atoms with E-state index in [1.54, 1.807) is 6.07 Å². The van der Waals surface area contributed by atoms with Crippen LogP contribution in [0.15, 0.2) is 30.6 Å². The van der Waals surface area contributed by atoms with Crippen molar-refractivity contribution in [1.82, 2.24) is 14.8 Å². The second-order valence-electron chi connectivity index (χ2n) is 4.30. The van der Waals surface area contributed by atoms with Gasteiger partial charge in [-0.25, -0.2) is 9.07 Å². The van der Waals surface area contributed by atoms with E-state index in [1.807, 2.05) is 0 Å². The maximum Gasteiger partial charge on any atom is 0.252 e. The minimum absolute atomic E-state index is 0.0985. The van der Waals surface area contributed by atoms with Gasteiger partial charge in [-0.05, 0) is 18.2 Å². The van der Waals surface area contributed by atoms with Crippen LogP contribution in [0.5, 0.6) is 0 Å². The lowest BCUT2D eigenvalue weighted by Crippen LogP contribution is -2.23. The number of carbonyl (C=O) groups is 2. The van der Waals surface area contributed by atoms with Gasteiger partial charge in [0.1, 0.15) is 18.2 Å². The van der Waals surface area contributed by atoms with E-state index in [1.165, 1.54) is 29.2 Å². The van der Waals surface area contributed by atoms with Crippen molar-refractivity contribution in [3.63, 3.8) is 0 Å². The van der Waals surface area contributed by atoms with Crippen molar-refractivity contribution in [2.24, 2.45) is 0 Å². The second-order valence-corrected chi connectivity index (χ2v) is 4.30. The zero-order valence-electron chi connectivity index (χ0n) is 10.2. The van der Waals surface area contributed by atoms with Gasteiger partial charge in [-0.2, -0.15) is 10.1 Å². The molecule has 7 nitrogen and oxygen atoms in total. The molecule has 2 heterocycles. The first-order chi connectivity index (χ1) is 9.63. The quantitative estimate of drug-likeness (QED) is 0.872. The molecule has 0 saturated carbocycles.